The van der Waals surface area contributed by atoms with Gasteiger partial charge in [0.15, 0.2) is 0 Å². The van der Waals surface area contributed by atoms with Crippen LogP contribution in [0.1, 0.15) is 25.2 Å². The molecule has 1 aromatic heterocycles. The number of benzene rings is 1. The van der Waals surface area contributed by atoms with Crippen LogP contribution < -0.4 is 0 Å². The second-order valence-corrected chi connectivity index (χ2v) is 4.93. The van der Waals surface area contributed by atoms with Crippen LogP contribution in [0.25, 0.3) is 11.0 Å². The third kappa shape index (κ3) is 2.60. The molecule has 0 fully saturated rings. The zero-order chi connectivity index (χ0) is 11.4. The molecule has 0 aliphatic carbocycles. The van der Waals surface area contributed by atoms with Crippen LogP contribution in [-0.4, -0.2) is 16.6 Å². The van der Waals surface area contributed by atoms with Gasteiger partial charge in [-0.1, -0.05) is 25.1 Å². The molecule has 1 unspecified atom stereocenters. The Balaban J connectivity index is 2.07. The van der Waals surface area contributed by atoms with Gasteiger partial charge in [-0.2, -0.15) is 11.8 Å². The quantitative estimate of drug-likeness (QED) is 0.805. The van der Waals surface area contributed by atoms with Crippen molar-refractivity contribution < 1.29 is 9.52 Å². The van der Waals surface area contributed by atoms with Gasteiger partial charge in [-0.25, -0.2) is 0 Å². The Morgan fingerprint density at radius 3 is 2.94 bits per heavy atom. The zero-order valence-corrected chi connectivity index (χ0v) is 10.2. The van der Waals surface area contributed by atoms with Crippen molar-refractivity contribution in [3.63, 3.8) is 0 Å². The van der Waals surface area contributed by atoms with Gasteiger partial charge in [-0.05, 0) is 24.3 Å². The van der Waals surface area contributed by atoms with Crippen LogP contribution in [0.4, 0.5) is 0 Å². The summed E-state index contributed by atoms with van der Waals surface area (Å²) in [4.78, 5) is 0. The first-order valence-corrected chi connectivity index (χ1v) is 6.71. The number of furan rings is 1. The first kappa shape index (κ1) is 11.6. The van der Waals surface area contributed by atoms with E-state index in [1.807, 2.05) is 30.3 Å². The van der Waals surface area contributed by atoms with E-state index in [0.29, 0.717) is 11.5 Å². The molecule has 1 atom stereocenters. The molecule has 3 heteroatoms. The number of aliphatic hydroxyl groups is 1. The summed E-state index contributed by atoms with van der Waals surface area (Å²) in [5, 5.41) is 11.0. The van der Waals surface area contributed by atoms with Crippen LogP contribution in [0.2, 0.25) is 0 Å². The molecule has 1 N–H and O–H groups in total. The van der Waals surface area contributed by atoms with Gasteiger partial charge in [0.25, 0.3) is 0 Å². The van der Waals surface area contributed by atoms with E-state index in [-0.39, 0.29) is 0 Å². The predicted molar refractivity (Wildman–Crippen MR) is 68.8 cm³/mol. The number of aliphatic hydroxyl groups excluding tert-OH is 1. The Morgan fingerprint density at radius 1 is 1.38 bits per heavy atom. The van der Waals surface area contributed by atoms with E-state index in [0.717, 1.165) is 23.1 Å². The second kappa shape index (κ2) is 5.41. The lowest BCUT2D eigenvalue weighted by Crippen LogP contribution is -1.99. The van der Waals surface area contributed by atoms with E-state index < -0.39 is 6.10 Å². The zero-order valence-electron chi connectivity index (χ0n) is 9.35. The number of rotatable bonds is 5. The van der Waals surface area contributed by atoms with Gasteiger partial charge in [0, 0.05) is 11.1 Å². The number of para-hydroxylation sites is 1. The third-order valence-electron chi connectivity index (χ3n) is 2.40. The van der Waals surface area contributed by atoms with Crippen LogP contribution in [0.3, 0.4) is 0 Å². The van der Waals surface area contributed by atoms with Gasteiger partial charge in [0.05, 0.1) is 0 Å². The van der Waals surface area contributed by atoms with Gasteiger partial charge < -0.3 is 9.52 Å². The molecule has 2 rings (SSSR count). The van der Waals surface area contributed by atoms with Crippen molar-refractivity contribution in [3.8, 4) is 0 Å². The van der Waals surface area contributed by atoms with Crippen molar-refractivity contribution in [2.24, 2.45) is 0 Å². The van der Waals surface area contributed by atoms with Crippen LogP contribution in [0.5, 0.6) is 0 Å². The van der Waals surface area contributed by atoms with Crippen molar-refractivity contribution in [1.29, 1.82) is 0 Å². The highest BCUT2D eigenvalue weighted by atomic mass is 32.2. The van der Waals surface area contributed by atoms with Crippen LogP contribution in [-0.2, 0) is 0 Å². The highest BCUT2D eigenvalue weighted by Crippen LogP contribution is 2.25. The topological polar surface area (TPSA) is 33.4 Å². The van der Waals surface area contributed by atoms with E-state index in [1.165, 1.54) is 0 Å². The number of hydrogen-bond acceptors (Lipinski definition) is 3. The smallest absolute Gasteiger partial charge is 0.134 e. The summed E-state index contributed by atoms with van der Waals surface area (Å²) in [5.74, 6) is 2.45. The largest absolute Gasteiger partial charge is 0.458 e. The Bertz CT molecular complexity index is 417. The molecule has 0 aliphatic rings. The molecule has 0 aliphatic heterocycles. The molecule has 0 amide bonds. The van der Waals surface area contributed by atoms with Crippen molar-refractivity contribution in [1.82, 2.24) is 0 Å². The van der Waals surface area contributed by atoms with Crippen molar-refractivity contribution in [3.05, 3.63) is 36.1 Å². The van der Waals surface area contributed by atoms with E-state index >= 15 is 0 Å². The third-order valence-corrected chi connectivity index (χ3v) is 3.65. The molecule has 0 saturated heterocycles. The molecule has 1 aromatic carbocycles. The fourth-order valence-corrected chi connectivity index (χ4v) is 2.43. The number of hydrogen-bond donors (Lipinski definition) is 1. The van der Waals surface area contributed by atoms with E-state index in [1.54, 1.807) is 11.8 Å². The van der Waals surface area contributed by atoms with Gasteiger partial charge >= 0.3 is 0 Å². The Labute approximate surface area is 99.6 Å². The average Bonchev–Trinajstić information content (AvgIpc) is 2.73. The lowest BCUT2D eigenvalue weighted by molar-refractivity contribution is 0.177. The Morgan fingerprint density at radius 2 is 2.19 bits per heavy atom. The lowest BCUT2D eigenvalue weighted by atomic mass is 10.2. The maximum atomic E-state index is 9.93. The minimum atomic E-state index is -0.496. The molecular formula is C13H16O2S. The predicted octanol–water partition coefficient (Wildman–Crippen LogP) is 3.61. The molecular weight excluding hydrogens is 220 g/mol. The molecule has 0 spiro atoms. The van der Waals surface area contributed by atoms with E-state index in [2.05, 4.69) is 6.92 Å². The fraction of sp³-hybridized carbons (Fsp3) is 0.385. The van der Waals surface area contributed by atoms with Crippen LogP contribution in [0.15, 0.2) is 34.7 Å². The normalized spacial score (nSPS) is 13.1. The molecule has 2 aromatic rings. The summed E-state index contributed by atoms with van der Waals surface area (Å²) in [6.07, 6.45) is 0.640. The standard InChI is InChI=1S/C13H16O2S/c1-2-7-16-9-11(14)13-8-10-5-3-4-6-12(10)15-13/h3-6,8,11,14H,2,7,9H2,1H3. The van der Waals surface area contributed by atoms with Gasteiger partial charge in [0.1, 0.15) is 17.4 Å². The maximum absolute atomic E-state index is 9.93. The SMILES string of the molecule is CCCSCC(O)c1cc2ccccc2o1. The summed E-state index contributed by atoms with van der Waals surface area (Å²) in [6, 6.07) is 9.75. The van der Waals surface area contributed by atoms with Gasteiger partial charge in [-0.3, -0.25) is 0 Å². The molecule has 86 valence electrons. The monoisotopic (exact) mass is 236 g/mol. The maximum Gasteiger partial charge on any atom is 0.134 e. The van der Waals surface area contributed by atoms with Crippen molar-refractivity contribution >= 4 is 22.7 Å². The Hall–Kier alpha value is -0.930. The first-order chi connectivity index (χ1) is 7.81. The van der Waals surface area contributed by atoms with Crippen LogP contribution in [0, 0.1) is 0 Å². The molecule has 0 bridgehead atoms. The van der Waals surface area contributed by atoms with Crippen LogP contribution >= 0.6 is 11.8 Å². The number of fused-ring (bicyclic) bond motifs is 1. The first-order valence-electron chi connectivity index (χ1n) is 5.55. The summed E-state index contributed by atoms with van der Waals surface area (Å²) in [6.45, 7) is 2.14. The molecule has 2 nitrogen and oxygen atoms in total. The van der Waals surface area contributed by atoms with E-state index in [9.17, 15) is 5.11 Å². The fourth-order valence-electron chi connectivity index (χ4n) is 1.59. The molecule has 1 heterocycles. The summed E-state index contributed by atoms with van der Waals surface area (Å²) >= 11 is 1.76. The minimum Gasteiger partial charge on any atom is -0.458 e. The molecule has 0 radical (unpaired) electrons. The lowest BCUT2D eigenvalue weighted by Gasteiger charge is -2.05. The van der Waals surface area contributed by atoms with Crippen molar-refractivity contribution in [2.45, 2.75) is 19.4 Å². The number of thioether (sulfide) groups is 1. The van der Waals surface area contributed by atoms with Gasteiger partial charge in [-0.15, -0.1) is 0 Å². The van der Waals surface area contributed by atoms with E-state index in [4.69, 9.17) is 4.42 Å². The summed E-state index contributed by atoms with van der Waals surface area (Å²) in [7, 11) is 0. The Kier molecular flexibility index (Phi) is 3.91. The summed E-state index contributed by atoms with van der Waals surface area (Å²) in [5.41, 5.74) is 0.844. The molecule has 0 saturated carbocycles. The van der Waals surface area contributed by atoms with Gasteiger partial charge in [0.2, 0.25) is 0 Å². The summed E-state index contributed by atoms with van der Waals surface area (Å²) < 4.78 is 5.60. The molecule has 16 heavy (non-hydrogen) atoms. The highest BCUT2D eigenvalue weighted by molar-refractivity contribution is 7.99. The highest BCUT2D eigenvalue weighted by Gasteiger charge is 2.12. The van der Waals surface area contributed by atoms with Crippen molar-refractivity contribution in [2.75, 3.05) is 11.5 Å². The average molecular weight is 236 g/mol. The second-order valence-electron chi connectivity index (χ2n) is 3.78. The minimum absolute atomic E-state index is 0.496.